The monoisotopic (exact) mass is 254 g/mol. The van der Waals surface area contributed by atoms with Gasteiger partial charge in [-0.3, -0.25) is 4.90 Å². The summed E-state index contributed by atoms with van der Waals surface area (Å²) < 4.78 is 0. The summed E-state index contributed by atoms with van der Waals surface area (Å²) in [5.74, 6) is 1.60. The lowest BCUT2D eigenvalue weighted by molar-refractivity contribution is 0.0676. The van der Waals surface area contributed by atoms with Gasteiger partial charge < -0.3 is 5.32 Å². The highest BCUT2D eigenvalue weighted by Gasteiger charge is 2.33. The summed E-state index contributed by atoms with van der Waals surface area (Å²) in [7, 11) is 0. The second-order valence-corrected chi connectivity index (χ2v) is 7.44. The third-order valence-corrected chi connectivity index (χ3v) is 4.10. The molecule has 1 unspecified atom stereocenters. The second-order valence-electron chi connectivity index (χ2n) is 7.44. The van der Waals surface area contributed by atoms with Gasteiger partial charge in [-0.05, 0) is 38.6 Å². The number of piperazine rings is 1. The molecule has 0 aromatic rings. The molecule has 0 aromatic carbocycles. The van der Waals surface area contributed by atoms with Gasteiger partial charge in [-0.25, -0.2) is 0 Å². The van der Waals surface area contributed by atoms with Gasteiger partial charge >= 0.3 is 0 Å². The van der Waals surface area contributed by atoms with Crippen LogP contribution in [0.3, 0.4) is 0 Å². The van der Waals surface area contributed by atoms with Crippen LogP contribution in [0, 0.1) is 11.8 Å². The molecule has 1 rings (SSSR count). The van der Waals surface area contributed by atoms with Gasteiger partial charge in [-0.2, -0.15) is 0 Å². The lowest BCUT2D eigenvalue weighted by atomic mass is 9.92. The van der Waals surface area contributed by atoms with E-state index in [1.165, 1.54) is 32.4 Å². The van der Waals surface area contributed by atoms with Crippen LogP contribution in [0.25, 0.3) is 0 Å². The molecular formula is C16H34N2. The van der Waals surface area contributed by atoms with Crippen LogP contribution in [0.2, 0.25) is 0 Å². The molecule has 0 spiro atoms. The van der Waals surface area contributed by atoms with Crippen LogP contribution in [-0.4, -0.2) is 36.1 Å². The fraction of sp³-hybridized carbons (Fsp3) is 1.00. The zero-order chi connectivity index (χ0) is 13.8. The summed E-state index contributed by atoms with van der Waals surface area (Å²) in [6, 6.07) is 0.720. The minimum absolute atomic E-state index is 0.281. The molecule has 1 N–H and O–H groups in total. The average molecular weight is 254 g/mol. The van der Waals surface area contributed by atoms with Crippen LogP contribution in [0.5, 0.6) is 0 Å². The van der Waals surface area contributed by atoms with Crippen molar-refractivity contribution in [2.24, 2.45) is 11.8 Å². The van der Waals surface area contributed by atoms with Gasteiger partial charge in [0.2, 0.25) is 0 Å². The first kappa shape index (κ1) is 16.0. The molecule has 1 aliphatic heterocycles. The van der Waals surface area contributed by atoms with E-state index >= 15 is 0 Å². The maximum absolute atomic E-state index is 3.69. The molecule has 1 aliphatic rings. The van der Waals surface area contributed by atoms with E-state index < -0.39 is 0 Å². The molecule has 1 heterocycles. The molecule has 0 amide bonds. The second kappa shape index (κ2) is 6.91. The van der Waals surface area contributed by atoms with Gasteiger partial charge in [0.25, 0.3) is 0 Å². The van der Waals surface area contributed by atoms with Crippen molar-refractivity contribution in [3.05, 3.63) is 0 Å². The largest absolute Gasteiger partial charge is 0.309 e. The molecule has 2 nitrogen and oxygen atoms in total. The van der Waals surface area contributed by atoms with E-state index in [0.717, 1.165) is 24.4 Å². The molecule has 1 fully saturated rings. The summed E-state index contributed by atoms with van der Waals surface area (Å²) in [5.41, 5.74) is 0.281. The van der Waals surface area contributed by atoms with Crippen molar-refractivity contribution in [1.29, 1.82) is 0 Å². The first-order chi connectivity index (χ1) is 8.32. The number of nitrogens with zero attached hydrogens (tertiary/aromatic N) is 1. The Kier molecular flexibility index (Phi) is 6.13. The molecule has 18 heavy (non-hydrogen) atoms. The van der Waals surface area contributed by atoms with Crippen LogP contribution >= 0.6 is 0 Å². The normalized spacial score (nSPS) is 25.0. The first-order valence-electron chi connectivity index (χ1n) is 7.81. The predicted octanol–water partition coefficient (Wildman–Crippen LogP) is 3.52. The van der Waals surface area contributed by atoms with Gasteiger partial charge in [-0.15, -0.1) is 0 Å². The quantitative estimate of drug-likeness (QED) is 0.730. The molecule has 0 aromatic heterocycles. The van der Waals surface area contributed by atoms with E-state index in [4.69, 9.17) is 0 Å². The van der Waals surface area contributed by atoms with Gasteiger partial charge in [0, 0.05) is 24.7 Å². The van der Waals surface area contributed by atoms with Gasteiger partial charge in [0.15, 0.2) is 0 Å². The first-order valence-corrected chi connectivity index (χ1v) is 7.81. The van der Waals surface area contributed by atoms with Crippen LogP contribution in [0.4, 0.5) is 0 Å². The summed E-state index contributed by atoms with van der Waals surface area (Å²) in [5, 5.41) is 3.69. The number of unbranched alkanes of at least 4 members (excludes halogenated alkanes) is 1. The highest BCUT2D eigenvalue weighted by Crippen LogP contribution is 2.21. The Morgan fingerprint density at radius 3 is 2.39 bits per heavy atom. The zero-order valence-electron chi connectivity index (χ0n) is 13.4. The fourth-order valence-electron chi connectivity index (χ4n) is 2.96. The third kappa shape index (κ3) is 5.27. The molecule has 108 valence electrons. The Morgan fingerprint density at radius 2 is 1.83 bits per heavy atom. The van der Waals surface area contributed by atoms with E-state index in [9.17, 15) is 0 Å². The van der Waals surface area contributed by atoms with E-state index in [1.807, 2.05) is 0 Å². The minimum Gasteiger partial charge on any atom is -0.309 e. The lowest BCUT2D eigenvalue weighted by Gasteiger charge is -2.46. The Balaban J connectivity index is 2.41. The van der Waals surface area contributed by atoms with Crippen LogP contribution < -0.4 is 5.32 Å². The third-order valence-electron chi connectivity index (χ3n) is 4.10. The number of rotatable bonds is 6. The van der Waals surface area contributed by atoms with Gasteiger partial charge in [0.1, 0.15) is 0 Å². The van der Waals surface area contributed by atoms with Crippen LogP contribution in [0.1, 0.15) is 60.8 Å². The van der Waals surface area contributed by atoms with E-state index in [0.29, 0.717) is 0 Å². The van der Waals surface area contributed by atoms with E-state index in [1.54, 1.807) is 0 Å². The molecule has 2 heteroatoms. The van der Waals surface area contributed by atoms with Gasteiger partial charge in [0.05, 0.1) is 0 Å². The Bertz CT molecular complexity index is 233. The Labute approximate surface area is 115 Å². The van der Waals surface area contributed by atoms with Crippen molar-refractivity contribution < 1.29 is 0 Å². The molecule has 0 saturated carbocycles. The fourth-order valence-corrected chi connectivity index (χ4v) is 2.96. The number of hydrogen-bond acceptors (Lipinski definition) is 2. The van der Waals surface area contributed by atoms with Crippen molar-refractivity contribution in [3.63, 3.8) is 0 Å². The van der Waals surface area contributed by atoms with Crippen LogP contribution in [0.15, 0.2) is 0 Å². The predicted molar refractivity (Wildman–Crippen MR) is 81.0 cm³/mol. The smallest absolute Gasteiger partial charge is 0.0252 e. The summed E-state index contributed by atoms with van der Waals surface area (Å²) in [6.45, 7) is 17.6. The molecular weight excluding hydrogens is 220 g/mol. The lowest BCUT2D eigenvalue weighted by Crippen LogP contribution is -2.62. The standard InChI is InChI=1S/C16H34N2/c1-13(2)9-7-8-10-18-12-16(5,6)17-11-15(18)14(3)4/h13-15,17H,7-12H2,1-6H3. The zero-order valence-corrected chi connectivity index (χ0v) is 13.4. The maximum Gasteiger partial charge on any atom is 0.0252 e. The Hall–Kier alpha value is -0.0800. The molecule has 0 bridgehead atoms. The summed E-state index contributed by atoms with van der Waals surface area (Å²) in [6.07, 6.45) is 4.12. The van der Waals surface area contributed by atoms with Crippen molar-refractivity contribution in [2.75, 3.05) is 19.6 Å². The van der Waals surface area contributed by atoms with Crippen molar-refractivity contribution >= 4 is 0 Å². The number of nitrogens with one attached hydrogen (secondary N) is 1. The molecule has 1 saturated heterocycles. The van der Waals surface area contributed by atoms with Crippen LogP contribution in [-0.2, 0) is 0 Å². The molecule has 0 aliphatic carbocycles. The highest BCUT2D eigenvalue weighted by atomic mass is 15.2. The van der Waals surface area contributed by atoms with Crippen molar-refractivity contribution in [1.82, 2.24) is 10.2 Å². The van der Waals surface area contributed by atoms with Crippen molar-refractivity contribution in [3.8, 4) is 0 Å². The number of hydrogen-bond donors (Lipinski definition) is 1. The maximum atomic E-state index is 3.69. The van der Waals surface area contributed by atoms with Gasteiger partial charge in [-0.1, -0.05) is 40.5 Å². The minimum atomic E-state index is 0.281. The molecule has 1 atom stereocenters. The summed E-state index contributed by atoms with van der Waals surface area (Å²) in [4.78, 5) is 2.72. The SMILES string of the molecule is CC(C)CCCCN1CC(C)(C)NCC1C(C)C. The average Bonchev–Trinajstić information content (AvgIpc) is 2.22. The van der Waals surface area contributed by atoms with E-state index in [2.05, 4.69) is 51.8 Å². The Morgan fingerprint density at radius 1 is 1.17 bits per heavy atom. The molecule has 0 radical (unpaired) electrons. The topological polar surface area (TPSA) is 15.3 Å². The van der Waals surface area contributed by atoms with E-state index in [-0.39, 0.29) is 5.54 Å². The summed E-state index contributed by atoms with van der Waals surface area (Å²) >= 11 is 0. The van der Waals surface area contributed by atoms with Crippen molar-refractivity contribution in [2.45, 2.75) is 72.4 Å². The highest BCUT2D eigenvalue weighted by molar-refractivity contribution is 4.93.